The Morgan fingerprint density at radius 2 is 1.79 bits per heavy atom. The standard InChI is InChI=1S/C25H25NO3/c1-2-29-25-14-9-19-5-3-4-6-22(19)23(25)12-13-24(27)20-7-10-21(11-8-20)26-15-17-28-18-16-26/h3-14H,2,15-18H2,1H3/b13-12+. The number of hydrogen-bond acceptors (Lipinski definition) is 4. The van der Waals surface area contributed by atoms with Gasteiger partial charge < -0.3 is 14.4 Å². The number of ketones is 1. The van der Waals surface area contributed by atoms with Crippen LogP contribution in [0, 0.1) is 0 Å². The van der Waals surface area contributed by atoms with Gasteiger partial charge in [-0.2, -0.15) is 0 Å². The van der Waals surface area contributed by atoms with Gasteiger partial charge in [-0.15, -0.1) is 0 Å². The lowest BCUT2D eigenvalue weighted by Crippen LogP contribution is -2.36. The molecule has 29 heavy (non-hydrogen) atoms. The second kappa shape index (κ2) is 8.93. The van der Waals surface area contributed by atoms with Gasteiger partial charge in [0.2, 0.25) is 0 Å². The van der Waals surface area contributed by atoms with E-state index < -0.39 is 0 Å². The number of anilines is 1. The molecule has 1 heterocycles. The summed E-state index contributed by atoms with van der Waals surface area (Å²) in [7, 11) is 0. The molecule has 0 radical (unpaired) electrons. The third kappa shape index (κ3) is 4.33. The van der Waals surface area contributed by atoms with E-state index in [1.807, 2.05) is 61.5 Å². The first kappa shape index (κ1) is 19.2. The summed E-state index contributed by atoms with van der Waals surface area (Å²) in [6.07, 6.45) is 3.50. The molecule has 4 rings (SSSR count). The van der Waals surface area contributed by atoms with E-state index in [-0.39, 0.29) is 5.78 Å². The lowest BCUT2D eigenvalue weighted by molar-refractivity contribution is 0.104. The molecular weight excluding hydrogens is 362 g/mol. The molecule has 1 fully saturated rings. The van der Waals surface area contributed by atoms with Gasteiger partial charge in [0.05, 0.1) is 19.8 Å². The smallest absolute Gasteiger partial charge is 0.185 e. The Bertz CT molecular complexity index is 1020. The summed E-state index contributed by atoms with van der Waals surface area (Å²) in [5.74, 6) is 0.770. The molecule has 4 heteroatoms. The molecule has 0 amide bonds. The van der Waals surface area contributed by atoms with Gasteiger partial charge in [-0.05, 0) is 60.2 Å². The van der Waals surface area contributed by atoms with Gasteiger partial charge in [0.15, 0.2) is 5.78 Å². The van der Waals surface area contributed by atoms with Crippen molar-refractivity contribution in [3.05, 3.63) is 77.9 Å². The van der Waals surface area contributed by atoms with E-state index in [9.17, 15) is 4.79 Å². The Hall–Kier alpha value is -3.11. The minimum Gasteiger partial charge on any atom is -0.493 e. The van der Waals surface area contributed by atoms with Crippen molar-refractivity contribution >= 4 is 28.3 Å². The largest absolute Gasteiger partial charge is 0.493 e. The van der Waals surface area contributed by atoms with E-state index in [1.54, 1.807) is 6.08 Å². The number of rotatable bonds is 6. The Kier molecular flexibility index (Phi) is 5.92. The maximum Gasteiger partial charge on any atom is 0.185 e. The molecule has 0 spiro atoms. The van der Waals surface area contributed by atoms with Crippen LogP contribution in [0.4, 0.5) is 5.69 Å². The molecule has 1 aliphatic heterocycles. The van der Waals surface area contributed by atoms with Crippen LogP contribution in [0.2, 0.25) is 0 Å². The molecule has 3 aromatic carbocycles. The van der Waals surface area contributed by atoms with E-state index in [0.29, 0.717) is 12.2 Å². The van der Waals surface area contributed by atoms with Gasteiger partial charge in [0.25, 0.3) is 0 Å². The van der Waals surface area contributed by atoms with E-state index in [0.717, 1.165) is 54.1 Å². The molecule has 0 atom stereocenters. The number of fused-ring (bicyclic) bond motifs is 1. The highest BCUT2D eigenvalue weighted by Crippen LogP contribution is 2.29. The number of carbonyl (C=O) groups is 1. The number of nitrogens with zero attached hydrogens (tertiary/aromatic N) is 1. The summed E-state index contributed by atoms with van der Waals surface area (Å²) in [6, 6.07) is 19.9. The minimum absolute atomic E-state index is 0.0195. The fourth-order valence-electron chi connectivity index (χ4n) is 3.64. The highest BCUT2D eigenvalue weighted by molar-refractivity contribution is 6.08. The summed E-state index contributed by atoms with van der Waals surface area (Å²) < 4.78 is 11.2. The van der Waals surface area contributed by atoms with Crippen molar-refractivity contribution < 1.29 is 14.3 Å². The van der Waals surface area contributed by atoms with Crippen molar-refractivity contribution in [2.75, 3.05) is 37.8 Å². The number of carbonyl (C=O) groups excluding carboxylic acids is 1. The minimum atomic E-state index is -0.0195. The summed E-state index contributed by atoms with van der Waals surface area (Å²) in [5.41, 5.74) is 2.74. The number of hydrogen-bond donors (Lipinski definition) is 0. The average Bonchev–Trinajstić information content (AvgIpc) is 2.79. The maximum atomic E-state index is 12.7. The molecule has 3 aromatic rings. The molecule has 0 saturated carbocycles. The van der Waals surface area contributed by atoms with Crippen LogP contribution in [0.15, 0.2) is 66.7 Å². The van der Waals surface area contributed by atoms with Gasteiger partial charge in [-0.1, -0.05) is 30.3 Å². The zero-order valence-corrected chi connectivity index (χ0v) is 16.6. The lowest BCUT2D eigenvalue weighted by Gasteiger charge is -2.28. The van der Waals surface area contributed by atoms with E-state index in [2.05, 4.69) is 17.0 Å². The third-order valence-corrected chi connectivity index (χ3v) is 5.16. The molecule has 0 unspecified atom stereocenters. The Balaban J connectivity index is 1.57. The van der Waals surface area contributed by atoms with Crippen molar-refractivity contribution in [1.29, 1.82) is 0 Å². The highest BCUT2D eigenvalue weighted by Gasteiger charge is 2.12. The molecule has 0 aliphatic carbocycles. The molecule has 4 nitrogen and oxygen atoms in total. The fraction of sp³-hybridized carbons (Fsp3) is 0.240. The summed E-state index contributed by atoms with van der Waals surface area (Å²) in [6.45, 7) is 5.80. The van der Waals surface area contributed by atoms with Crippen LogP contribution >= 0.6 is 0 Å². The lowest BCUT2D eigenvalue weighted by atomic mass is 10.0. The number of benzene rings is 3. The van der Waals surface area contributed by atoms with E-state index in [1.165, 1.54) is 0 Å². The van der Waals surface area contributed by atoms with Crippen LogP contribution in [0.3, 0.4) is 0 Å². The van der Waals surface area contributed by atoms with Gasteiger partial charge in [-0.3, -0.25) is 4.79 Å². The summed E-state index contributed by atoms with van der Waals surface area (Å²) in [5, 5.41) is 2.20. The zero-order chi connectivity index (χ0) is 20.1. The second-order valence-corrected chi connectivity index (χ2v) is 6.98. The molecular formula is C25H25NO3. The van der Waals surface area contributed by atoms with Crippen LogP contribution in [-0.2, 0) is 4.74 Å². The third-order valence-electron chi connectivity index (χ3n) is 5.16. The van der Waals surface area contributed by atoms with Crippen LogP contribution in [0.5, 0.6) is 5.75 Å². The van der Waals surface area contributed by atoms with Crippen molar-refractivity contribution in [3.63, 3.8) is 0 Å². The Morgan fingerprint density at radius 1 is 1.03 bits per heavy atom. The first-order chi connectivity index (χ1) is 14.3. The van der Waals surface area contributed by atoms with Crippen LogP contribution in [-0.4, -0.2) is 38.7 Å². The average molecular weight is 387 g/mol. The molecule has 148 valence electrons. The van der Waals surface area contributed by atoms with Crippen LogP contribution < -0.4 is 9.64 Å². The quantitative estimate of drug-likeness (QED) is 0.442. The molecule has 0 aromatic heterocycles. The van der Waals surface area contributed by atoms with Crippen LogP contribution in [0.1, 0.15) is 22.8 Å². The van der Waals surface area contributed by atoms with E-state index in [4.69, 9.17) is 9.47 Å². The second-order valence-electron chi connectivity index (χ2n) is 6.98. The molecule has 0 bridgehead atoms. The Labute approximate surface area is 171 Å². The number of allylic oxidation sites excluding steroid dienone is 1. The topological polar surface area (TPSA) is 38.8 Å². The molecule has 0 N–H and O–H groups in total. The van der Waals surface area contributed by atoms with Crippen LogP contribution in [0.25, 0.3) is 16.8 Å². The highest BCUT2D eigenvalue weighted by atomic mass is 16.5. The van der Waals surface area contributed by atoms with E-state index >= 15 is 0 Å². The zero-order valence-electron chi connectivity index (χ0n) is 16.6. The van der Waals surface area contributed by atoms with Crippen molar-refractivity contribution in [1.82, 2.24) is 0 Å². The fourth-order valence-corrected chi connectivity index (χ4v) is 3.64. The van der Waals surface area contributed by atoms with Gasteiger partial charge in [0.1, 0.15) is 5.75 Å². The predicted molar refractivity (Wildman–Crippen MR) is 118 cm³/mol. The Morgan fingerprint density at radius 3 is 2.55 bits per heavy atom. The molecule has 1 saturated heterocycles. The van der Waals surface area contributed by atoms with Gasteiger partial charge in [-0.25, -0.2) is 0 Å². The maximum absolute atomic E-state index is 12.7. The van der Waals surface area contributed by atoms with Gasteiger partial charge >= 0.3 is 0 Å². The van der Waals surface area contributed by atoms with Crippen molar-refractivity contribution in [3.8, 4) is 5.75 Å². The number of ether oxygens (including phenoxy) is 2. The summed E-state index contributed by atoms with van der Waals surface area (Å²) in [4.78, 5) is 15.0. The van der Waals surface area contributed by atoms with Crippen molar-refractivity contribution in [2.24, 2.45) is 0 Å². The monoisotopic (exact) mass is 387 g/mol. The normalized spacial score (nSPS) is 14.4. The molecule has 1 aliphatic rings. The predicted octanol–water partition coefficient (Wildman–Crippen LogP) is 4.97. The SMILES string of the molecule is CCOc1ccc2ccccc2c1/C=C/C(=O)c1ccc(N2CCOCC2)cc1. The first-order valence-corrected chi connectivity index (χ1v) is 10.1. The van der Waals surface area contributed by atoms with Gasteiger partial charge in [0, 0.05) is 29.9 Å². The van der Waals surface area contributed by atoms with Crippen molar-refractivity contribution in [2.45, 2.75) is 6.92 Å². The summed E-state index contributed by atoms with van der Waals surface area (Å²) >= 11 is 0. The first-order valence-electron chi connectivity index (χ1n) is 10.1. The number of morpholine rings is 1.